The van der Waals surface area contributed by atoms with Gasteiger partial charge in [0.05, 0.1) is 5.02 Å². The number of hydrogen-bond acceptors (Lipinski definition) is 4. The van der Waals surface area contributed by atoms with Gasteiger partial charge in [-0.3, -0.25) is 0 Å². The first-order chi connectivity index (χ1) is 9.87. The van der Waals surface area contributed by atoms with Crippen LogP contribution < -0.4 is 5.32 Å². The number of nitrogens with zero attached hydrogens (tertiary/aromatic N) is 2. The number of rotatable bonds is 5. The van der Waals surface area contributed by atoms with Crippen molar-refractivity contribution in [3.05, 3.63) is 34.0 Å². The zero-order valence-electron chi connectivity index (χ0n) is 12.4. The predicted octanol–water partition coefficient (Wildman–Crippen LogP) is 4.32. The van der Waals surface area contributed by atoms with Crippen LogP contribution in [0.25, 0.3) is 10.6 Å². The zero-order chi connectivity index (χ0) is 15.5. The average Bonchev–Trinajstić information content (AvgIpc) is 2.85. The van der Waals surface area contributed by atoms with Gasteiger partial charge in [0, 0.05) is 17.5 Å². The molecule has 2 rings (SSSR count). The fourth-order valence-corrected chi connectivity index (χ4v) is 3.02. The van der Waals surface area contributed by atoms with Crippen molar-refractivity contribution >= 4 is 22.9 Å². The lowest BCUT2D eigenvalue weighted by Crippen LogP contribution is -2.36. The topological polar surface area (TPSA) is 37.8 Å². The van der Waals surface area contributed by atoms with Crippen LogP contribution in [0.15, 0.2) is 18.2 Å². The summed E-state index contributed by atoms with van der Waals surface area (Å²) in [6, 6.07) is 4.73. The highest BCUT2D eigenvalue weighted by Crippen LogP contribution is 2.32. The summed E-state index contributed by atoms with van der Waals surface area (Å²) in [5.74, 6) is -0.430. The summed E-state index contributed by atoms with van der Waals surface area (Å²) in [6.45, 7) is 7.35. The van der Waals surface area contributed by atoms with Crippen molar-refractivity contribution in [3.63, 3.8) is 0 Å². The smallest absolute Gasteiger partial charge is 0.149 e. The first-order valence-electron chi connectivity index (χ1n) is 6.88. The summed E-state index contributed by atoms with van der Waals surface area (Å²) in [4.78, 5) is 0. The molecule has 1 heterocycles. The molecular weight excluding hydrogens is 309 g/mol. The highest BCUT2D eigenvalue weighted by Gasteiger charge is 2.13. The largest absolute Gasteiger partial charge is 0.312 e. The average molecular weight is 328 g/mol. The third-order valence-electron chi connectivity index (χ3n) is 2.87. The van der Waals surface area contributed by atoms with Crippen LogP contribution in [0.2, 0.25) is 5.02 Å². The van der Waals surface area contributed by atoms with E-state index in [4.69, 9.17) is 11.6 Å². The van der Waals surface area contributed by atoms with Crippen molar-refractivity contribution in [2.75, 3.05) is 6.54 Å². The van der Waals surface area contributed by atoms with Gasteiger partial charge in [0.15, 0.2) is 0 Å². The van der Waals surface area contributed by atoms with E-state index < -0.39 is 5.82 Å². The number of benzene rings is 1. The molecule has 3 nitrogen and oxygen atoms in total. The monoisotopic (exact) mass is 327 g/mol. The molecule has 0 saturated carbocycles. The Morgan fingerprint density at radius 3 is 2.76 bits per heavy atom. The summed E-state index contributed by atoms with van der Waals surface area (Å²) in [6.07, 6.45) is 1.84. The number of nitrogens with one attached hydrogen (secondary N) is 1. The highest BCUT2D eigenvalue weighted by atomic mass is 35.5. The molecular formula is C15H19ClFN3S. The van der Waals surface area contributed by atoms with Gasteiger partial charge in [-0.2, -0.15) is 0 Å². The molecule has 21 heavy (non-hydrogen) atoms. The van der Waals surface area contributed by atoms with E-state index in [0.717, 1.165) is 24.4 Å². The number of aryl methyl sites for hydroxylation is 1. The maximum atomic E-state index is 13.4. The van der Waals surface area contributed by atoms with Gasteiger partial charge >= 0.3 is 0 Å². The minimum atomic E-state index is -0.430. The minimum Gasteiger partial charge on any atom is -0.312 e. The quantitative estimate of drug-likeness (QED) is 0.831. The second kappa shape index (κ2) is 6.81. The molecule has 0 fully saturated rings. The maximum Gasteiger partial charge on any atom is 0.149 e. The zero-order valence-corrected chi connectivity index (χ0v) is 14.0. The van der Waals surface area contributed by atoms with E-state index in [-0.39, 0.29) is 10.6 Å². The fourth-order valence-electron chi connectivity index (χ4n) is 1.84. The van der Waals surface area contributed by atoms with Crippen molar-refractivity contribution in [3.8, 4) is 10.6 Å². The molecule has 0 aliphatic heterocycles. The van der Waals surface area contributed by atoms with Gasteiger partial charge < -0.3 is 5.32 Å². The molecule has 0 radical (unpaired) electrons. The van der Waals surface area contributed by atoms with Crippen molar-refractivity contribution in [2.24, 2.45) is 0 Å². The molecule has 0 aliphatic rings. The molecule has 0 aliphatic carbocycles. The number of hydrogen-bond donors (Lipinski definition) is 1. The molecule has 6 heteroatoms. The van der Waals surface area contributed by atoms with Crippen LogP contribution in [-0.4, -0.2) is 22.3 Å². The van der Waals surface area contributed by atoms with Crippen LogP contribution >= 0.6 is 22.9 Å². The normalized spacial score (nSPS) is 11.9. The molecule has 114 valence electrons. The Balaban J connectivity index is 1.97. The molecule has 1 aromatic heterocycles. The van der Waals surface area contributed by atoms with Gasteiger partial charge in [-0.05, 0) is 39.8 Å². The molecule has 0 bridgehead atoms. The van der Waals surface area contributed by atoms with Crippen LogP contribution in [0.4, 0.5) is 4.39 Å². The fraction of sp³-hybridized carbons (Fsp3) is 0.467. The standard InChI is InChI=1S/C15H19ClFN3S/c1-15(2,3)18-9-5-8-12-19-20-14(21-12)10-6-4-7-11(17)13(10)16/h4,6-7,18H,5,8-9H2,1-3H3. The number of halogens is 2. The molecule has 0 unspecified atom stereocenters. The Bertz CT molecular complexity index is 607. The lowest BCUT2D eigenvalue weighted by atomic mass is 10.1. The molecule has 0 atom stereocenters. The van der Waals surface area contributed by atoms with Gasteiger partial charge in [0.2, 0.25) is 0 Å². The molecule has 2 aromatic rings. The van der Waals surface area contributed by atoms with E-state index >= 15 is 0 Å². The van der Waals surface area contributed by atoms with Crippen LogP contribution in [0.3, 0.4) is 0 Å². The maximum absolute atomic E-state index is 13.4. The van der Waals surface area contributed by atoms with E-state index in [1.807, 2.05) is 0 Å². The molecule has 0 saturated heterocycles. The minimum absolute atomic E-state index is 0.106. The molecule has 0 amide bonds. The Morgan fingerprint density at radius 2 is 2.05 bits per heavy atom. The second-order valence-corrected chi connectivity index (χ2v) is 7.32. The summed E-state index contributed by atoms with van der Waals surface area (Å²) < 4.78 is 13.4. The predicted molar refractivity (Wildman–Crippen MR) is 86.4 cm³/mol. The SMILES string of the molecule is CC(C)(C)NCCCc1nnc(-c2cccc(F)c2Cl)s1. The Labute approximate surface area is 133 Å². The Kier molecular flexibility index (Phi) is 5.30. The summed E-state index contributed by atoms with van der Waals surface area (Å²) in [5.41, 5.74) is 0.731. The molecule has 1 N–H and O–H groups in total. The van der Waals surface area contributed by atoms with Crippen LogP contribution in [-0.2, 0) is 6.42 Å². The third kappa shape index (κ3) is 4.73. The van der Waals surface area contributed by atoms with Crippen LogP contribution in [0.5, 0.6) is 0 Å². The van der Waals surface area contributed by atoms with E-state index in [2.05, 4.69) is 36.3 Å². The van der Waals surface area contributed by atoms with Gasteiger partial charge in [-0.1, -0.05) is 35.1 Å². The van der Waals surface area contributed by atoms with Crippen molar-refractivity contribution in [1.29, 1.82) is 0 Å². The summed E-state index contributed by atoms with van der Waals surface area (Å²) >= 11 is 7.43. The van der Waals surface area contributed by atoms with Crippen molar-refractivity contribution in [1.82, 2.24) is 15.5 Å². The second-order valence-electron chi connectivity index (χ2n) is 5.88. The lowest BCUT2D eigenvalue weighted by Gasteiger charge is -2.20. The molecule has 0 spiro atoms. The van der Waals surface area contributed by atoms with Crippen molar-refractivity contribution < 1.29 is 4.39 Å². The van der Waals surface area contributed by atoms with Gasteiger partial charge in [0.1, 0.15) is 15.8 Å². The van der Waals surface area contributed by atoms with Crippen molar-refractivity contribution in [2.45, 2.75) is 39.2 Å². The van der Waals surface area contributed by atoms with Crippen LogP contribution in [0, 0.1) is 5.82 Å². The van der Waals surface area contributed by atoms with E-state index in [9.17, 15) is 4.39 Å². The summed E-state index contributed by atoms with van der Waals surface area (Å²) in [7, 11) is 0. The van der Waals surface area contributed by atoms with E-state index in [1.165, 1.54) is 17.4 Å². The lowest BCUT2D eigenvalue weighted by molar-refractivity contribution is 0.422. The highest BCUT2D eigenvalue weighted by molar-refractivity contribution is 7.14. The Morgan fingerprint density at radius 1 is 1.29 bits per heavy atom. The first kappa shape index (κ1) is 16.3. The Hall–Kier alpha value is -1.04. The van der Waals surface area contributed by atoms with E-state index in [1.54, 1.807) is 12.1 Å². The summed E-state index contributed by atoms with van der Waals surface area (Å²) in [5, 5.41) is 13.4. The van der Waals surface area contributed by atoms with Gasteiger partial charge in [-0.25, -0.2) is 4.39 Å². The van der Waals surface area contributed by atoms with Crippen LogP contribution in [0.1, 0.15) is 32.2 Å². The van der Waals surface area contributed by atoms with Gasteiger partial charge in [-0.15, -0.1) is 10.2 Å². The van der Waals surface area contributed by atoms with Gasteiger partial charge in [0.25, 0.3) is 0 Å². The molecule has 1 aromatic carbocycles. The number of aromatic nitrogens is 2. The third-order valence-corrected chi connectivity index (χ3v) is 4.27. The van der Waals surface area contributed by atoms with E-state index in [0.29, 0.717) is 10.6 Å². The first-order valence-corrected chi connectivity index (χ1v) is 8.08.